The maximum atomic E-state index is 2.57. The smallest absolute Gasteiger partial charge is 0.229 e. The van der Waals surface area contributed by atoms with E-state index in [1.807, 2.05) is 0 Å². The van der Waals surface area contributed by atoms with E-state index in [0.29, 0.717) is 0 Å². The quantitative estimate of drug-likeness (QED) is 0.294. The Morgan fingerprint density at radius 1 is 0.514 bits per heavy atom. The van der Waals surface area contributed by atoms with Crippen LogP contribution >= 0.6 is 0 Å². The van der Waals surface area contributed by atoms with Gasteiger partial charge in [-0.05, 0) is 34.4 Å². The summed E-state index contributed by atoms with van der Waals surface area (Å²) in [6.45, 7) is 4.21. The van der Waals surface area contributed by atoms with Crippen LogP contribution in [0, 0.1) is 0 Å². The van der Waals surface area contributed by atoms with E-state index in [4.69, 9.17) is 0 Å². The second kappa shape index (κ2) is 7.25. The van der Waals surface area contributed by atoms with Gasteiger partial charge < -0.3 is 0 Å². The maximum absolute atomic E-state index is 2.57. The summed E-state index contributed by atoms with van der Waals surface area (Å²) in [4.78, 5) is 0. The molecule has 3 aromatic heterocycles. The molecule has 9 rings (SSSR count). The number of aryl methyl sites for hydroxylation is 8. The largest absolute Gasteiger partial charge is 0.244 e. The predicted octanol–water partition coefficient (Wildman–Crippen LogP) is 4.24. The van der Waals surface area contributed by atoms with Gasteiger partial charge in [-0.2, -0.15) is 9.13 Å². The highest BCUT2D eigenvalue weighted by molar-refractivity contribution is 5.95. The Bertz CT molecular complexity index is 1660. The highest BCUT2D eigenvalue weighted by Crippen LogP contribution is 2.48. The van der Waals surface area contributed by atoms with E-state index in [1.165, 1.54) is 67.3 Å². The molecule has 7 heterocycles. The van der Waals surface area contributed by atoms with Crippen LogP contribution in [0.1, 0.15) is 22.3 Å². The van der Waals surface area contributed by atoms with E-state index in [1.54, 1.807) is 0 Å². The van der Waals surface area contributed by atoms with E-state index < -0.39 is 0 Å². The summed E-state index contributed by atoms with van der Waals surface area (Å²) in [5.41, 5.74) is 17.4. The fraction of sp³-hybridized carbons (Fsp3) is 0.242. The summed E-state index contributed by atoms with van der Waals surface area (Å²) in [5, 5.41) is 0. The van der Waals surface area contributed by atoms with Crippen molar-refractivity contribution >= 4 is 0 Å². The van der Waals surface area contributed by atoms with E-state index in [-0.39, 0.29) is 0 Å². The molecule has 178 valence electrons. The van der Waals surface area contributed by atoms with Crippen molar-refractivity contribution in [2.24, 2.45) is 0 Å². The van der Waals surface area contributed by atoms with Crippen molar-refractivity contribution in [1.82, 2.24) is 4.57 Å². The molecule has 0 bridgehead atoms. The van der Waals surface area contributed by atoms with Crippen LogP contribution in [0.3, 0.4) is 0 Å². The van der Waals surface area contributed by atoms with Gasteiger partial charge in [0.25, 0.3) is 0 Å². The van der Waals surface area contributed by atoms with Crippen molar-refractivity contribution in [3.63, 3.8) is 0 Å². The molecular formula is C33H29N4+3. The highest BCUT2D eigenvalue weighted by Gasteiger charge is 2.41. The molecule has 2 aromatic carbocycles. The van der Waals surface area contributed by atoms with Gasteiger partial charge in [-0.3, -0.25) is 0 Å². The molecule has 4 aliphatic rings. The normalized spacial score (nSPS) is 15.8. The number of rotatable bonds is 0. The zero-order valence-corrected chi connectivity index (χ0v) is 21.0. The minimum absolute atomic E-state index is 1.05. The molecule has 0 fully saturated rings. The number of aromatic nitrogens is 4. The van der Waals surface area contributed by atoms with Crippen molar-refractivity contribution in [2.75, 3.05) is 0 Å². The van der Waals surface area contributed by atoms with Crippen molar-refractivity contribution in [1.29, 1.82) is 0 Å². The monoisotopic (exact) mass is 481 g/mol. The first-order valence-electron chi connectivity index (χ1n) is 13.8. The lowest BCUT2D eigenvalue weighted by atomic mass is 9.81. The van der Waals surface area contributed by atoms with Crippen molar-refractivity contribution in [2.45, 2.75) is 51.9 Å². The first-order valence-corrected chi connectivity index (χ1v) is 13.8. The number of imidazole rings is 1. The van der Waals surface area contributed by atoms with E-state index in [2.05, 4.69) is 97.7 Å². The van der Waals surface area contributed by atoms with Crippen molar-refractivity contribution in [3.8, 4) is 45.0 Å². The molecule has 4 heteroatoms. The van der Waals surface area contributed by atoms with Crippen LogP contribution in [0.5, 0.6) is 0 Å². The zero-order chi connectivity index (χ0) is 24.1. The molecule has 0 saturated carbocycles. The third kappa shape index (κ3) is 2.65. The lowest BCUT2D eigenvalue weighted by molar-refractivity contribution is -0.689. The molecule has 0 unspecified atom stereocenters. The zero-order valence-electron chi connectivity index (χ0n) is 21.0. The average molecular weight is 482 g/mol. The number of fused-ring (bicyclic) bond motifs is 15. The summed E-state index contributed by atoms with van der Waals surface area (Å²) in [6.07, 6.45) is 11.3. The van der Waals surface area contributed by atoms with Crippen LogP contribution in [-0.2, 0) is 51.9 Å². The molecule has 0 aliphatic carbocycles. The fourth-order valence-corrected chi connectivity index (χ4v) is 7.52. The molecule has 0 spiro atoms. The van der Waals surface area contributed by atoms with Gasteiger partial charge >= 0.3 is 0 Å². The van der Waals surface area contributed by atoms with Gasteiger partial charge in [0.1, 0.15) is 0 Å². The lowest BCUT2D eigenvalue weighted by Gasteiger charge is -2.25. The van der Waals surface area contributed by atoms with Gasteiger partial charge in [-0.1, -0.05) is 24.3 Å². The summed E-state index contributed by atoms with van der Waals surface area (Å²) in [6, 6.07) is 23.1. The number of hydrogen-bond acceptors (Lipinski definition) is 0. The highest BCUT2D eigenvalue weighted by atomic mass is 15.2. The third-order valence-electron chi connectivity index (χ3n) is 9.19. The van der Waals surface area contributed by atoms with Crippen LogP contribution in [0.15, 0.2) is 79.4 Å². The Labute approximate surface area is 216 Å². The summed E-state index contributed by atoms with van der Waals surface area (Å²) in [5.74, 6) is 0. The number of benzene rings is 2. The van der Waals surface area contributed by atoms with Crippen molar-refractivity contribution < 1.29 is 13.7 Å². The van der Waals surface area contributed by atoms with Crippen LogP contribution in [-0.4, -0.2) is 4.57 Å². The molecule has 4 nitrogen and oxygen atoms in total. The SMILES string of the molecule is c1cc[n+]2c(c1)-c1c(ccc3c1-c1c4[n+](cn1CC3)CCc1ccc3c(c1-4)-c1cccc[n+]1CC3)CC2. The molecule has 4 aliphatic heterocycles. The number of pyridine rings is 2. The van der Waals surface area contributed by atoms with Gasteiger partial charge in [0.2, 0.25) is 17.7 Å². The molecule has 0 atom stereocenters. The first-order chi connectivity index (χ1) is 18.3. The minimum Gasteiger partial charge on any atom is -0.229 e. The molecule has 5 aromatic rings. The van der Waals surface area contributed by atoms with Gasteiger partial charge in [-0.25, -0.2) is 9.13 Å². The standard InChI is InChI=1S/C33H29N4/c1-3-15-34-17-11-22-7-9-24-13-19-36-21-37-20-14-25-10-8-23-12-18-35-16-4-2-6-27(35)29(23)31(25)33(37)32(36)30(24)28(22)26(34)5-1/h1-10,15-16,21H,11-14,17-20H2/q+3. The van der Waals surface area contributed by atoms with E-state index >= 15 is 0 Å². The molecule has 0 saturated heterocycles. The summed E-state index contributed by atoms with van der Waals surface area (Å²) < 4.78 is 10.0. The topological polar surface area (TPSA) is 16.6 Å². The van der Waals surface area contributed by atoms with E-state index in [0.717, 1.165) is 51.9 Å². The maximum Gasteiger partial charge on any atom is 0.244 e. The molecule has 0 radical (unpaired) electrons. The molecular weight excluding hydrogens is 452 g/mol. The second-order valence-electron chi connectivity index (χ2n) is 11.0. The number of hydrogen-bond donors (Lipinski definition) is 0. The predicted molar refractivity (Wildman–Crippen MR) is 142 cm³/mol. The first kappa shape index (κ1) is 20.1. The van der Waals surface area contributed by atoms with Crippen LogP contribution in [0.25, 0.3) is 45.0 Å². The van der Waals surface area contributed by atoms with E-state index in [9.17, 15) is 0 Å². The van der Waals surface area contributed by atoms with Crippen LogP contribution in [0.2, 0.25) is 0 Å². The Balaban J connectivity index is 1.39. The minimum atomic E-state index is 1.05. The van der Waals surface area contributed by atoms with Gasteiger partial charge in [0.15, 0.2) is 36.9 Å². The fourth-order valence-electron chi connectivity index (χ4n) is 7.52. The molecule has 0 amide bonds. The van der Waals surface area contributed by atoms with Gasteiger partial charge in [0, 0.05) is 61.1 Å². The summed E-state index contributed by atoms with van der Waals surface area (Å²) in [7, 11) is 0. The average Bonchev–Trinajstić information content (AvgIpc) is 3.35. The Kier molecular flexibility index (Phi) is 3.93. The van der Waals surface area contributed by atoms with Crippen LogP contribution in [0.4, 0.5) is 0 Å². The van der Waals surface area contributed by atoms with Crippen LogP contribution < -0.4 is 13.7 Å². The van der Waals surface area contributed by atoms with Crippen molar-refractivity contribution in [3.05, 3.63) is 102 Å². The third-order valence-corrected chi connectivity index (χ3v) is 9.19. The Hall–Kier alpha value is -4.05. The molecule has 37 heavy (non-hydrogen) atoms. The summed E-state index contributed by atoms with van der Waals surface area (Å²) >= 11 is 0. The van der Waals surface area contributed by atoms with Gasteiger partial charge in [0.05, 0.1) is 24.2 Å². The Morgan fingerprint density at radius 3 is 1.70 bits per heavy atom. The van der Waals surface area contributed by atoms with Gasteiger partial charge in [-0.15, -0.1) is 0 Å². The molecule has 0 N–H and O–H groups in total. The lowest BCUT2D eigenvalue weighted by Crippen LogP contribution is -2.42. The Morgan fingerprint density at radius 2 is 1.05 bits per heavy atom. The number of nitrogens with zero attached hydrogens (tertiary/aromatic N) is 4. The second-order valence-corrected chi connectivity index (χ2v) is 11.0.